The number of amides is 1. The molecular weight excluding hydrogens is 134 g/mol. The zero-order valence-corrected chi connectivity index (χ0v) is 5.84. The standard InChI is InChI=1S/C6H13NO3/c8-4-2-1-3-7-6(10)5-9/h8-9H,1-5H2,(H,7,10). The van der Waals surface area contributed by atoms with Gasteiger partial charge in [0.25, 0.3) is 0 Å². The van der Waals surface area contributed by atoms with Crippen LogP contribution in [0.4, 0.5) is 0 Å². The Morgan fingerprint density at radius 1 is 1.30 bits per heavy atom. The second kappa shape index (κ2) is 6.51. The summed E-state index contributed by atoms with van der Waals surface area (Å²) in [6, 6.07) is 0. The highest BCUT2D eigenvalue weighted by Crippen LogP contribution is 1.82. The molecule has 0 atom stereocenters. The lowest BCUT2D eigenvalue weighted by atomic mass is 10.3. The van der Waals surface area contributed by atoms with Crippen molar-refractivity contribution in [3.05, 3.63) is 0 Å². The van der Waals surface area contributed by atoms with Crippen LogP contribution < -0.4 is 5.32 Å². The first kappa shape index (κ1) is 9.39. The van der Waals surface area contributed by atoms with Crippen molar-refractivity contribution in [1.82, 2.24) is 5.32 Å². The van der Waals surface area contributed by atoms with Crippen molar-refractivity contribution in [2.24, 2.45) is 0 Å². The molecule has 4 nitrogen and oxygen atoms in total. The van der Waals surface area contributed by atoms with Crippen LogP contribution in [0.1, 0.15) is 12.8 Å². The summed E-state index contributed by atoms with van der Waals surface area (Å²) in [5, 5.41) is 19.0. The predicted octanol–water partition coefficient (Wildman–Crippen LogP) is -1.13. The van der Waals surface area contributed by atoms with E-state index in [1.807, 2.05) is 0 Å². The van der Waals surface area contributed by atoms with Gasteiger partial charge in [-0.25, -0.2) is 0 Å². The molecule has 60 valence electrons. The Morgan fingerprint density at radius 2 is 2.00 bits per heavy atom. The monoisotopic (exact) mass is 147 g/mol. The molecule has 0 spiro atoms. The van der Waals surface area contributed by atoms with Gasteiger partial charge >= 0.3 is 0 Å². The lowest BCUT2D eigenvalue weighted by Gasteiger charge is -2.00. The summed E-state index contributed by atoms with van der Waals surface area (Å²) in [6.07, 6.45) is 1.44. The van der Waals surface area contributed by atoms with Gasteiger partial charge in [-0.15, -0.1) is 0 Å². The number of nitrogens with one attached hydrogen (secondary N) is 1. The van der Waals surface area contributed by atoms with Crippen molar-refractivity contribution in [3.63, 3.8) is 0 Å². The Balaban J connectivity index is 2.96. The third kappa shape index (κ3) is 5.53. The molecule has 0 heterocycles. The number of hydrogen-bond donors (Lipinski definition) is 3. The Labute approximate surface area is 59.9 Å². The molecule has 1 amide bonds. The van der Waals surface area contributed by atoms with Gasteiger partial charge < -0.3 is 15.5 Å². The second-order valence-electron chi connectivity index (χ2n) is 1.94. The van der Waals surface area contributed by atoms with Crippen LogP contribution in [0.15, 0.2) is 0 Å². The highest BCUT2D eigenvalue weighted by Gasteiger charge is 1.94. The molecule has 0 aromatic rings. The number of rotatable bonds is 5. The summed E-state index contributed by atoms with van der Waals surface area (Å²) in [5.74, 6) is -0.363. The van der Waals surface area contributed by atoms with Crippen molar-refractivity contribution in [2.45, 2.75) is 12.8 Å². The molecule has 0 aromatic carbocycles. The molecule has 0 radical (unpaired) electrons. The topological polar surface area (TPSA) is 69.6 Å². The first-order chi connectivity index (χ1) is 4.81. The van der Waals surface area contributed by atoms with Gasteiger partial charge in [0.05, 0.1) is 0 Å². The van der Waals surface area contributed by atoms with E-state index in [2.05, 4.69) is 5.32 Å². The maximum atomic E-state index is 10.4. The molecule has 0 aliphatic carbocycles. The molecule has 3 N–H and O–H groups in total. The molecule has 10 heavy (non-hydrogen) atoms. The minimum Gasteiger partial charge on any atom is -0.396 e. The largest absolute Gasteiger partial charge is 0.396 e. The summed E-state index contributed by atoms with van der Waals surface area (Å²) in [4.78, 5) is 10.4. The highest BCUT2D eigenvalue weighted by molar-refractivity contribution is 5.76. The van der Waals surface area contributed by atoms with Crippen LogP contribution in [0.3, 0.4) is 0 Å². The van der Waals surface area contributed by atoms with E-state index >= 15 is 0 Å². The van der Waals surface area contributed by atoms with E-state index in [1.54, 1.807) is 0 Å². The average Bonchev–Trinajstić information content (AvgIpc) is 1.98. The molecule has 0 unspecified atom stereocenters. The maximum Gasteiger partial charge on any atom is 0.245 e. The summed E-state index contributed by atoms with van der Waals surface area (Å²) in [6.45, 7) is 0.216. The fraction of sp³-hybridized carbons (Fsp3) is 0.833. The lowest BCUT2D eigenvalue weighted by molar-refractivity contribution is -0.123. The SMILES string of the molecule is O=C(CO)NCCCCO. The van der Waals surface area contributed by atoms with E-state index < -0.39 is 6.61 Å². The van der Waals surface area contributed by atoms with E-state index in [1.165, 1.54) is 0 Å². The van der Waals surface area contributed by atoms with Gasteiger partial charge in [0.15, 0.2) is 0 Å². The number of carbonyl (C=O) groups excluding carboxylic acids is 1. The zero-order valence-electron chi connectivity index (χ0n) is 5.84. The summed E-state index contributed by atoms with van der Waals surface area (Å²) in [7, 11) is 0. The van der Waals surface area contributed by atoms with E-state index in [0.717, 1.165) is 6.42 Å². The normalized spacial score (nSPS) is 9.40. The van der Waals surface area contributed by atoms with Crippen LogP contribution >= 0.6 is 0 Å². The van der Waals surface area contributed by atoms with E-state index in [-0.39, 0.29) is 12.5 Å². The molecule has 0 saturated heterocycles. The Hall–Kier alpha value is -0.610. The number of carbonyl (C=O) groups is 1. The predicted molar refractivity (Wildman–Crippen MR) is 36.4 cm³/mol. The molecular formula is C6H13NO3. The average molecular weight is 147 g/mol. The molecule has 0 saturated carbocycles. The summed E-state index contributed by atoms with van der Waals surface area (Å²) in [5.41, 5.74) is 0. The minimum atomic E-state index is -0.459. The van der Waals surface area contributed by atoms with Gasteiger partial charge in [0.1, 0.15) is 6.61 Å². The van der Waals surface area contributed by atoms with Crippen molar-refractivity contribution >= 4 is 5.91 Å². The van der Waals surface area contributed by atoms with Gasteiger partial charge in [-0.05, 0) is 12.8 Å². The van der Waals surface area contributed by atoms with Gasteiger partial charge in [0.2, 0.25) is 5.91 Å². The van der Waals surface area contributed by atoms with Crippen molar-refractivity contribution in [1.29, 1.82) is 0 Å². The third-order valence-electron chi connectivity index (χ3n) is 1.05. The van der Waals surface area contributed by atoms with Gasteiger partial charge in [-0.1, -0.05) is 0 Å². The molecule has 0 fully saturated rings. The summed E-state index contributed by atoms with van der Waals surface area (Å²) < 4.78 is 0. The van der Waals surface area contributed by atoms with Gasteiger partial charge in [0, 0.05) is 13.2 Å². The van der Waals surface area contributed by atoms with Crippen LogP contribution in [0.5, 0.6) is 0 Å². The smallest absolute Gasteiger partial charge is 0.245 e. The summed E-state index contributed by atoms with van der Waals surface area (Å²) >= 11 is 0. The van der Waals surface area contributed by atoms with Crippen LogP contribution in [-0.2, 0) is 4.79 Å². The van der Waals surface area contributed by atoms with Crippen LogP contribution in [0.25, 0.3) is 0 Å². The first-order valence-electron chi connectivity index (χ1n) is 3.29. The highest BCUT2D eigenvalue weighted by atomic mass is 16.3. The van der Waals surface area contributed by atoms with Gasteiger partial charge in [-0.2, -0.15) is 0 Å². The van der Waals surface area contributed by atoms with E-state index in [4.69, 9.17) is 10.2 Å². The number of aliphatic hydroxyl groups is 2. The maximum absolute atomic E-state index is 10.4. The minimum absolute atomic E-state index is 0.148. The third-order valence-corrected chi connectivity index (χ3v) is 1.05. The Kier molecular flexibility index (Phi) is 6.11. The fourth-order valence-corrected chi connectivity index (χ4v) is 0.521. The van der Waals surface area contributed by atoms with E-state index in [0.29, 0.717) is 13.0 Å². The molecule has 0 aliphatic heterocycles. The quantitative estimate of drug-likeness (QED) is 0.431. The fourth-order valence-electron chi connectivity index (χ4n) is 0.521. The van der Waals surface area contributed by atoms with Crippen LogP contribution in [0.2, 0.25) is 0 Å². The zero-order chi connectivity index (χ0) is 7.82. The van der Waals surface area contributed by atoms with Crippen molar-refractivity contribution in [3.8, 4) is 0 Å². The Bertz CT molecular complexity index is 95.0. The molecule has 0 bridgehead atoms. The van der Waals surface area contributed by atoms with Crippen molar-refractivity contribution in [2.75, 3.05) is 19.8 Å². The second-order valence-corrected chi connectivity index (χ2v) is 1.94. The lowest BCUT2D eigenvalue weighted by Crippen LogP contribution is -2.27. The van der Waals surface area contributed by atoms with Crippen LogP contribution in [-0.4, -0.2) is 35.9 Å². The van der Waals surface area contributed by atoms with Gasteiger partial charge in [-0.3, -0.25) is 4.79 Å². The molecule has 0 aliphatic rings. The molecule has 0 aromatic heterocycles. The van der Waals surface area contributed by atoms with E-state index in [9.17, 15) is 4.79 Å². The Morgan fingerprint density at radius 3 is 2.50 bits per heavy atom. The van der Waals surface area contributed by atoms with Crippen molar-refractivity contribution < 1.29 is 15.0 Å². The molecule has 4 heteroatoms. The number of hydrogen-bond acceptors (Lipinski definition) is 3. The molecule has 0 rings (SSSR count). The van der Waals surface area contributed by atoms with Crippen LogP contribution in [0, 0.1) is 0 Å². The number of aliphatic hydroxyl groups excluding tert-OH is 2. The number of unbranched alkanes of at least 4 members (excludes halogenated alkanes) is 1. The first-order valence-corrected chi connectivity index (χ1v) is 3.29.